The molecule has 0 amide bonds. The summed E-state index contributed by atoms with van der Waals surface area (Å²) in [6.07, 6.45) is 0. The second kappa shape index (κ2) is 4.56. The number of hydrogen-bond acceptors (Lipinski definition) is 5. The third-order valence-corrected chi connectivity index (χ3v) is 2.64. The van der Waals surface area contributed by atoms with Gasteiger partial charge in [0.2, 0.25) is 0 Å². The first-order valence-corrected chi connectivity index (χ1v) is 6.46. The fourth-order valence-electron chi connectivity index (χ4n) is 1.22. The molecule has 0 fully saturated rings. The minimum Gasteiger partial charge on any atom is -0.456 e. The summed E-state index contributed by atoms with van der Waals surface area (Å²) < 4.78 is 39.4. The quantitative estimate of drug-likeness (QED) is 0.506. The lowest BCUT2D eigenvalue weighted by molar-refractivity contribution is 0.00693. The zero-order valence-corrected chi connectivity index (χ0v) is 11.0. The average Bonchev–Trinajstić information content (AvgIpc) is 2.12. The number of carbonyl (C=O) groups excluding carboxylic acids is 1. The lowest BCUT2D eigenvalue weighted by Gasteiger charge is -2.19. The predicted molar refractivity (Wildman–Crippen MR) is 64.3 cm³/mol. The van der Waals surface area contributed by atoms with Crippen LogP contribution < -0.4 is 5.73 Å². The van der Waals surface area contributed by atoms with E-state index in [0.717, 1.165) is 12.1 Å². The zero-order chi connectivity index (χ0) is 14.1. The van der Waals surface area contributed by atoms with E-state index in [2.05, 4.69) is 0 Å². The molecule has 0 radical (unpaired) electrons. The summed E-state index contributed by atoms with van der Waals surface area (Å²) in [5.74, 6) is -0.764. The highest BCUT2D eigenvalue weighted by Gasteiger charge is 2.21. The maximum absolute atomic E-state index is 12.8. The second-order valence-electron chi connectivity index (χ2n) is 4.73. The number of nitrogens with two attached hydrogens (primary N) is 1. The molecule has 7 heteroatoms. The second-order valence-corrected chi connectivity index (χ2v) is 6.08. The Morgan fingerprint density at radius 3 is 2.28 bits per heavy atom. The van der Waals surface area contributed by atoms with Crippen LogP contribution in [0.25, 0.3) is 0 Å². The molecule has 0 aliphatic carbocycles. The van der Waals surface area contributed by atoms with Crippen molar-refractivity contribution in [1.29, 1.82) is 0 Å². The van der Waals surface area contributed by atoms with Crippen LogP contribution in [0.15, 0.2) is 23.1 Å². The van der Waals surface area contributed by atoms with E-state index in [1.54, 1.807) is 20.8 Å². The SMILES string of the molecule is CC(C)(C)OC(=O)c1cc(N)cc(S(=O)(=O)F)c1. The van der Waals surface area contributed by atoms with Gasteiger partial charge in [-0.25, -0.2) is 4.79 Å². The van der Waals surface area contributed by atoms with E-state index in [1.807, 2.05) is 0 Å². The van der Waals surface area contributed by atoms with Crippen LogP contribution in [0.3, 0.4) is 0 Å². The summed E-state index contributed by atoms with van der Waals surface area (Å²) in [5, 5.41) is 0. The van der Waals surface area contributed by atoms with E-state index in [1.165, 1.54) is 6.07 Å². The average molecular weight is 275 g/mol. The number of nitrogen functional groups attached to an aromatic ring is 1. The molecule has 0 saturated carbocycles. The van der Waals surface area contributed by atoms with Crippen molar-refractivity contribution in [2.24, 2.45) is 0 Å². The highest BCUT2D eigenvalue weighted by Crippen LogP contribution is 2.21. The molecule has 100 valence electrons. The number of rotatable bonds is 2. The van der Waals surface area contributed by atoms with Gasteiger partial charge in [0.05, 0.1) is 5.56 Å². The number of carbonyl (C=O) groups is 1. The van der Waals surface area contributed by atoms with E-state index in [4.69, 9.17) is 10.5 Å². The lowest BCUT2D eigenvalue weighted by atomic mass is 10.1. The van der Waals surface area contributed by atoms with Crippen molar-refractivity contribution in [2.75, 3.05) is 5.73 Å². The molecule has 0 aliphatic rings. The fourth-order valence-corrected chi connectivity index (χ4v) is 1.76. The molecule has 0 heterocycles. The largest absolute Gasteiger partial charge is 0.456 e. The predicted octanol–water partition coefficient (Wildman–Crippen LogP) is 1.88. The van der Waals surface area contributed by atoms with Gasteiger partial charge in [0.15, 0.2) is 0 Å². The monoisotopic (exact) mass is 275 g/mol. The molecule has 1 aromatic carbocycles. The van der Waals surface area contributed by atoms with Crippen molar-refractivity contribution in [3.63, 3.8) is 0 Å². The van der Waals surface area contributed by atoms with Gasteiger partial charge >= 0.3 is 16.2 Å². The lowest BCUT2D eigenvalue weighted by Crippen LogP contribution is -2.24. The van der Waals surface area contributed by atoms with Crippen LogP contribution in [0, 0.1) is 0 Å². The van der Waals surface area contributed by atoms with Gasteiger partial charge in [-0.05, 0) is 39.0 Å². The molecule has 0 saturated heterocycles. The normalized spacial score (nSPS) is 12.2. The smallest absolute Gasteiger partial charge is 0.338 e. The molecule has 1 rings (SSSR count). The first-order chi connectivity index (χ1) is 7.99. The number of ether oxygens (including phenoxy) is 1. The first kappa shape index (κ1) is 14.4. The third-order valence-electron chi connectivity index (χ3n) is 1.84. The topological polar surface area (TPSA) is 86.5 Å². The molecule has 18 heavy (non-hydrogen) atoms. The van der Waals surface area contributed by atoms with Crippen molar-refractivity contribution >= 4 is 21.9 Å². The van der Waals surface area contributed by atoms with Gasteiger partial charge in [0, 0.05) is 5.69 Å². The van der Waals surface area contributed by atoms with Crippen LogP contribution in [-0.2, 0) is 15.0 Å². The molecule has 0 bridgehead atoms. The number of esters is 1. The maximum Gasteiger partial charge on any atom is 0.338 e. The van der Waals surface area contributed by atoms with E-state index < -0.39 is 26.7 Å². The van der Waals surface area contributed by atoms with Gasteiger partial charge < -0.3 is 10.5 Å². The fraction of sp³-hybridized carbons (Fsp3) is 0.364. The summed E-state index contributed by atoms with van der Waals surface area (Å²) >= 11 is 0. The van der Waals surface area contributed by atoms with Gasteiger partial charge in [-0.2, -0.15) is 8.42 Å². The Balaban J connectivity index is 3.19. The van der Waals surface area contributed by atoms with Gasteiger partial charge in [-0.15, -0.1) is 3.89 Å². The summed E-state index contributed by atoms with van der Waals surface area (Å²) in [6, 6.07) is 3.05. The molecule has 0 aromatic heterocycles. The van der Waals surface area contributed by atoms with Gasteiger partial charge in [0.25, 0.3) is 0 Å². The van der Waals surface area contributed by atoms with E-state index in [0.29, 0.717) is 0 Å². The highest BCUT2D eigenvalue weighted by molar-refractivity contribution is 7.86. The third kappa shape index (κ3) is 3.99. The van der Waals surface area contributed by atoms with Crippen LogP contribution in [0.1, 0.15) is 31.1 Å². The Labute approximate surface area is 105 Å². The Hall–Kier alpha value is -1.63. The van der Waals surface area contributed by atoms with Crippen molar-refractivity contribution in [3.05, 3.63) is 23.8 Å². The van der Waals surface area contributed by atoms with E-state index in [-0.39, 0.29) is 11.3 Å². The van der Waals surface area contributed by atoms with Crippen molar-refractivity contribution in [3.8, 4) is 0 Å². The molecule has 0 aliphatic heterocycles. The highest BCUT2D eigenvalue weighted by atomic mass is 32.3. The molecule has 2 N–H and O–H groups in total. The van der Waals surface area contributed by atoms with Crippen molar-refractivity contribution in [2.45, 2.75) is 31.3 Å². The van der Waals surface area contributed by atoms with Crippen LogP contribution in [0.2, 0.25) is 0 Å². The minimum absolute atomic E-state index is 0.0328. The van der Waals surface area contributed by atoms with E-state index >= 15 is 0 Å². The molecule has 0 unspecified atom stereocenters. The zero-order valence-electron chi connectivity index (χ0n) is 10.2. The number of halogens is 1. The number of hydrogen-bond donors (Lipinski definition) is 1. The van der Waals surface area contributed by atoms with Crippen LogP contribution in [0.4, 0.5) is 9.57 Å². The Morgan fingerprint density at radius 1 is 1.28 bits per heavy atom. The Bertz CT molecular complexity index is 575. The molecule has 5 nitrogen and oxygen atoms in total. The Morgan fingerprint density at radius 2 is 1.83 bits per heavy atom. The summed E-state index contributed by atoms with van der Waals surface area (Å²) in [5.41, 5.74) is 4.54. The molecule has 0 spiro atoms. The molecular weight excluding hydrogens is 261 g/mol. The van der Waals surface area contributed by atoms with Crippen LogP contribution in [-0.4, -0.2) is 20.0 Å². The molecule has 0 atom stereocenters. The van der Waals surface area contributed by atoms with Gasteiger partial charge in [-0.3, -0.25) is 0 Å². The number of benzene rings is 1. The van der Waals surface area contributed by atoms with Crippen molar-refractivity contribution in [1.82, 2.24) is 0 Å². The minimum atomic E-state index is -4.91. The number of anilines is 1. The molecule has 1 aromatic rings. The van der Waals surface area contributed by atoms with Gasteiger partial charge in [-0.1, -0.05) is 0 Å². The van der Waals surface area contributed by atoms with Gasteiger partial charge in [0.1, 0.15) is 10.5 Å². The summed E-state index contributed by atoms with van der Waals surface area (Å²) in [7, 11) is -4.91. The van der Waals surface area contributed by atoms with Crippen molar-refractivity contribution < 1.29 is 21.8 Å². The first-order valence-electron chi connectivity index (χ1n) is 5.07. The molecular formula is C11H14FNO4S. The summed E-state index contributed by atoms with van der Waals surface area (Å²) in [4.78, 5) is 11.0. The maximum atomic E-state index is 12.8. The van der Waals surface area contributed by atoms with E-state index in [9.17, 15) is 17.1 Å². The van der Waals surface area contributed by atoms with Crippen LogP contribution >= 0.6 is 0 Å². The van der Waals surface area contributed by atoms with Crippen LogP contribution in [0.5, 0.6) is 0 Å². The standard InChI is InChI=1S/C11H14FNO4S/c1-11(2,3)17-10(14)7-4-8(13)6-9(5-7)18(12,15)16/h4-6H,13H2,1-3H3. The summed E-state index contributed by atoms with van der Waals surface area (Å²) in [6.45, 7) is 4.97. The Kier molecular flexibility index (Phi) is 3.66.